The van der Waals surface area contributed by atoms with Crippen LogP contribution in [0.15, 0.2) is 30.5 Å². The van der Waals surface area contributed by atoms with Crippen LogP contribution in [0, 0.1) is 0 Å². The molecule has 0 unspecified atom stereocenters. The largest absolute Gasteiger partial charge is 0.477 e. The Hall–Kier alpha value is -2.10. The second-order valence-corrected chi connectivity index (χ2v) is 4.23. The summed E-state index contributed by atoms with van der Waals surface area (Å²) in [5, 5.41) is 8.79. The van der Waals surface area contributed by atoms with E-state index >= 15 is 0 Å². The number of aromatic nitrogens is 2. The van der Waals surface area contributed by atoms with Gasteiger partial charge in [0.2, 0.25) is 0 Å². The summed E-state index contributed by atoms with van der Waals surface area (Å²) in [5.74, 6) is 0.0653. The minimum Gasteiger partial charge on any atom is -0.477 e. The molecule has 4 heteroatoms. The van der Waals surface area contributed by atoms with Crippen molar-refractivity contribution in [2.45, 2.75) is 19.8 Å². The van der Waals surface area contributed by atoms with Crippen molar-refractivity contribution in [3.05, 3.63) is 41.7 Å². The van der Waals surface area contributed by atoms with Crippen molar-refractivity contribution >= 4 is 5.97 Å². The number of carboxylic acid groups (broad SMARTS) is 1. The Bertz CT molecular complexity index is 527. The van der Waals surface area contributed by atoms with Crippen molar-refractivity contribution < 1.29 is 9.90 Å². The molecule has 2 rings (SSSR count). The molecule has 4 nitrogen and oxygen atoms in total. The van der Waals surface area contributed by atoms with Gasteiger partial charge >= 0.3 is 5.97 Å². The van der Waals surface area contributed by atoms with Crippen molar-refractivity contribution in [3.8, 4) is 11.4 Å². The Balaban J connectivity index is 2.30. The highest BCUT2D eigenvalue weighted by atomic mass is 16.4. The zero-order valence-electron chi connectivity index (χ0n) is 9.77. The zero-order chi connectivity index (χ0) is 12.4. The van der Waals surface area contributed by atoms with E-state index in [1.807, 2.05) is 24.3 Å². The van der Waals surface area contributed by atoms with Gasteiger partial charge < -0.3 is 10.1 Å². The van der Waals surface area contributed by atoms with Gasteiger partial charge in [-0.2, -0.15) is 0 Å². The number of nitrogens with one attached hydrogen (secondary N) is 1. The van der Waals surface area contributed by atoms with E-state index in [9.17, 15) is 4.79 Å². The van der Waals surface area contributed by atoms with Crippen LogP contribution in [-0.2, 0) is 0 Å². The summed E-state index contributed by atoms with van der Waals surface area (Å²) in [5.41, 5.74) is 2.24. The predicted molar refractivity (Wildman–Crippen MR) is 65.1 cm³/mol. The van der Waals surface area contributed by atoms with Crippen LogP contribution in [0.2, 0.25) is 0 Å². The molecule has 0 aliphatic carbocycles. The molecule has 0 amide bonds. The van der Waals surface area contributed by atoms with Gasteiger partial charge in [0.25, 0.3) is 0 Å². The third-order valence-corrected chi connectivity index (χ3v) is 2.66. The highest BCUT2D eigenvalue weighted by Gasteiger charge is 2.08. The number of benzene rings is 1. The summed E-state index contributed by atoms with van der Waals surface area (Å²) >= 11 is 0. The van der Waals surface area contributed by atoms with Crippen LogP contribution < -0.4 is 0 Å². The monoisotopic (exact) mass is 230 g/mol. The van der Waals surface area contributed by atoms with Crippen LogP contribution in [0.25, 0.3) is 11.4 Å². The fourth-order valence-corrected chi connectivity index (χ4v) is 1.60. The van der Waals surface area contributed by atoms with Gasteiger partial charge in [-0.1, -0.05) is 38.1 Å². The number of hydrogen-bond donors (Lipinski definition) is 2. The van der Waals surface area contributed by atoms with Crippen LogP contribution in [0.3, 0.4) is 0 Å². The van der Waals surface area contributed by atoms with Gasteiger partial charge in [0.1, 0.15) is 11.5 Å². The van der Waals surface area contributed by atoms with Crippen LogP contribution >= 0.6 is 0 Å². The lowest BCUT2D eigenvalue weighted by molar-refractivity contribution is 0.0691. The lowest BCUT2D eigenvalue weighted by atomic mass is 10.0. The molecule has 0 bridgehead atoms. The van der Waals surface area contributed by atoms with Gasteiger partial charge in [-0.25, -0.2) is 9.78 Å². The van der Waals surface area contributed by atoms with Crippen molar-refractivity contribution in [2.75, 3.05) is 0 Å². The quantitative estimate of drug-likeness (QED) is 0.852. The average molecular weight is 230 g/mol. The molecule has 0 fully saturated rings. The van der Waals surface area contributed by atoms with E-state index in [0.29, 0.717) is 11.7 Å². The first kappa shape index (κ1) is 11.4. The van der Waals surface area contributed by atoms with Crippen LogP contribution in [0.5, 0.6) is 0 Å². The molecule has 1 aromatic heterocycles. The van der Waals surface area contributed by atoms with E-state index in [0.717, 1.165) is 5.56 Å². The average Bonchev–Trinajstić information content (AvgIpc) is 2.78. The molecule has 1 heterocycles. The first-order chi connectivity index (χ1) is 8.08. The summed E-state index contributed by atoms with van der Waals surface area (Å²) in [6, 6.07) is 7.95. The summed E-state index contributed by atoms with van der Waals surface area (Å²) in [6.45, 7) is 4.26. The lowest BCUT2D eigenvalue weighted by Crippen LogP contribution is -1.95. The maximum atomic E-state index is 10.7. The number of carboxylic acids is 1. The number of hydrogen-bond acceptors (Lipinski definition) is 2. The van der Waals surface area contributed by atoms with Crippen molar-refractivity contribution in [1.29, 1.82) is 0 Å². The normalized spacial score (nSPS) is 10.8. The molecule has 2 aromatic rings. The number of nitrogens with zero attached hydrogens (tertiary/aromatic N) is 1. The maximum absolute atomic E-state index is 10.7. The molecule has 1 aromatic carbocycles. The smallest absolute Gasteiger partial charge is 0.353 e. The van der Waals surface area contributed by atoms with Gasteiger partial charge in [-0.05, 0) is 11.5 Å². The Labute approximate surface area is 99.3 Å². The fourth-order valence-electron chi connectivity index (χ4n) is 1.60. The molecular formula is C13H14N2O2. The zero-order valence-corrected chi connectivity index (χ0v) is 9.77. The summed E-state index contributed by atoms with van der Waals surface area (Å²) < 4.78 is 0. The molecule has 0 saturated heterocycles. The topological polar surface area (TPSA) is 66.0 Å². The van der Waals surface area contributed by atoms with E-state index in [1.165, 1.54) is 11.8 Å². The molecule has 0 saturated carbocycles. The Morgan fingerprint density at radius 3 is 2.41 bits per heavy atom. The lowest BCUT2D eigenvalue weighted by Gasteiger charge is -2.05. The van der Waals surface area contributed by atoms with Gasteiger partial charge in [-0.15, -0.1) is 0 Å². The number of rotatable bonds is 3. The Morgan fingerprint density at radius 1 is 1.29 bits per heavy atom. The highest BCUT2D eigenvalue weighted by molar-refractivity contribution is 5.85. The van der Waals surface area contributed by atoms with Crippen LogP contribution in [0.1, 0.15) is 35.8 Å². The maximum Gasteiger partial charge on any atom is 0.353 e. The number of carbonyl (C=O) groups is 1. The van der Waals surface area contributed by atoms with Crippen LogP contribution in [-0.4, -0.2) is 21.0 Å². The van der Waals surface area contributed by atoms with Crippen LogP contribution in [0.4, 0.5) is 0 Å². The SMILES string of the molecule is CC(C)c1ccc(-c2ncc(C(=O)O)[nH]2)cc1. The second kappa shape index (κ2) is 4.41. The Morgan fingerprint density at radius 2 is 1.94 bits per heavy atom. The van der Waals surface area contributed by atoms with Crippen molar-refractivity contribution in [3.63, 3.8) is 0 Å². The number of H-pyrrole nitrogens is 1. The number of aromatic carboxylic acids is 1. The minimum absolute atomic E-state index is 0.105. The van der Waals surface area contributed by atoms with E-state index in [2.05, 4.69) is 23.8 Å². The van der Waals surface area contributed by atoms with Crippen molar-refractivity contribution in [1.82, 2.24) is 9.97 Å². The van der Waals surface area contributed by atoms with Gasteiger partial charge in [-0.3, -0.25) is 0 Å². The second-order valence-electron chi connectivity index (χ2n) is 4.23. The first-order valence-electron chi connectivity index (χ1n) is 5.46. The number of aromatic amines is 1. The Kier molecular flexibility index (Phi) is 2.95. The van der Waals surface area contributed by atoms with Gasteiger partial charge in [0, 0.05) is 5.56 Å². The molecule has 0 atom stereocenters. The molecule has 0 aliphatic heterocycles. The highest BCUT2D eigenvalue weighted by Crippen LogP contribution is 2.20. The summed E-state index contributed by atoms with van der Waals surface area (Å²) in [6.07, 6.45) is 1.33. The first-order valence-corrected chi connectivity index (χ1v) is 5.46. The standard InChI is InChI=1S/C13H14N2O2/c1-8(2)9-3-5-10(6-4-9)12-14-7-11(15-12)13(16)17/h3-8H,1-2H3,(H,14,15)(H,16,17). The van der Waals surface area contributed by atoms with Crippen molar-refractivity contribution in [2.24, 2.45) is 0 Å². The molecule has 2 N–H and O–H groups in total. The molecule has 0 aliphatic rings. The third-order valence-electron chi connectivity index (χ3n) is 2.66. The fraction of sp³-hybridized carbons (Fsp3) is 0.231. The molecule has 0 spiro atoms. The van der Waals surface area contributed by atoms with Gasteiger partial charge in [0.15, 0.2) is 0 Å². The van der Waals surface area contributed by atoms with E-state index in [-0.39, 0.29) is 5.69 Å². The third kappa shape index (κ3) is 2.36. The molecule has 17 heavy (non-hydrogen) atoms. The van der Waals surface area contributed by atoms with E-state index < -0.39 is 5.97 Å². The van der Waals surface area contributed by atoms with E-state index in [1.54, 1.807) is 0 Å². The predicted octanol–water partition coefficient (Wildman–Crippen LogP) is 2.90. The van der Waals surface area contributed by atoms with E-state index in [4.69, 9.17) is 5.11 Å². The molecule has 0 radical (unpaired) electrons. The molecule has 88 valence electrons. The van der Waals surface area contributed by atoms with Gasteiger partial charge in [0.05, 0.1) is 6.20 Å². The minimum atomic E-state index is -0.998. The number of imidazole rings is 1. The molecular weight excluding hydrogens is 216 g/mol. The summed E-state index contributed by atoms with van der Waals surface area (Å²) in [4.78, 5) is 17.5. The summed E-state index contributed by atoms with van der Waals surface area (Å²) in [7, 11) is 0.